The van der Waals surface area contributed by atoms with Crippen molar-refractivity contribution in [1.29, 1.82) is 0 Å². The first kappa shape index (κ1) is 20.6. The molecule has 31 heavy (non-hydrogen) atoms. The molecule has 2 aliphatic rings. The Morgan fingerprint density at radius 2 is 1.84 bits per heavy atom. The summed E-state index contributed by atoms with van der Waals surface area (Å²) in [6, 6.07) is 9.36. The summed E-state index contributed by atoms with van der Waals surface area (Å²) in [6.45, 7) is 1.38. The summed E-state index contributed by atoms with van der Waals surface area (Å²) < 4.78 is 4.97. The number of hydrazine groups is 1. The number of hydrogen-bond acceptors (Lipinski definition) is 6. The molecule has 2 aromatic rings. The number of imide groups is 1. The Labute approximate surface area is 178 Å². The fourth-order valence-corrected chi connectivity index (χ4v) is 4.07. The number of nitrogens with zero attached hydrogens (tertiary/aromatic N) is 1. The first-order chi connectivity index (χ1) is 14.8. The van der Waals surface area contributed by atoms with Crippen LogP contribution in [0.1, 0.15) is 43.0 Å². The second kappa shape index (κ2) is 7.90. The highest BCUT2D eigenvalue weighted by molar-refractivity contribution is 6.08. The van der Waals surface area contributed by atoms with Crippen LogP contribution in [0.4, 0.5) is 4.79 Å². The molecule has 1 aliphatic carbocycles. The monoisotopic (exact) mass is 425 g/mol. The van der Waals surface area contributed by atoms with Gasteiger partial charge in [0.15, 0.2) is 6.61 Å². The number of amides is 4. The zero-order valence-electron chi connectivity index (χ0n) is 17.0. The smallest absolute Gasteiger partial charge is 0.344 e. The Morgan fingerprint density at radius 1 is 1.19 bits per heavy atom. The minimum Gasteiger partial charge on any atom is -0.507 e. The highest BCUT2D eigenvalue weighted by Gasteiger charge is 2.52. The topological polar surface area (TPSA) is 125 Å². The summed E-state index contributed by atoms with van der Waals surface area (Å²) in [7, 11) is 0. The van der Waals surface area contributed by atoms with Gasteiger partial charge in [0.1, 0.15) is 16.9 Å². The number of ether oxygens (including phenoxy) is 1. The van der Waals surface area contributed by atoms with E-state index in [1.54, 1.807) is 24.3 Å². The Hall–Kier alpha value is -3.62. The summed E-state index contributed by atoms with van der Waals surface area (Å²) in [6.07, 6.45) is 2.64. The number of carbonyl (C=O) groups excluding carboxylic acids is 4. The number of nitrogens with one attached hydrogen (secondary N) is 2. The molecular formula is C22H23N3O6. The number of esters is 1. The summed E-state index contributed by atoms with van der Waals surface area (Å²) in [5.41, 5.74) is 1.14. The molecule has 1 heterocycles. The predicted octanol–water partition coefficient (Wildman–Crippen LogP) is 2.23. The van der Waals surface area contributed by atoms with Crippen LogP contribution in [0.3, 0.4) is 0 Å². The molecule has 0 unspecified atom stereocenters. The van der Waals surface area contributed by atoms with E-state index in [0.717, 1.165) is 23.6 Å². The largest absolute Gasteiger partial charge is 0.507 e. The molecule has 1 aliphatic heterocycles. The quantitative estimate of drug-likeness (QED) is 0.510. The fraction of sp³-hybridized carbons (Fsp3) is 0.364. The zero-order chi connectivity index (χ0) is 22.2. The van der Waals surface area contributed by atoms with E-state index in [1.807, 2.05) is 0 Å². The number of aromatic hydroxyl groups is 1. The molecule has 1 spiro atoms. The third-order valence-corrected chi connectivity index (χ3v) is 5.94. The number of phenolic OH excluding ortho intramolecular Hbond substituents is 1. The van der Waals surface area contributed by atoms with E-state index in [1.165, 1.54) is 12.1 Å². The van der Waals surface area contributed by atoms with E-state index in [4.69, 9.17) is 4.74 Å². The van der Waals surface area contributed by atoms with E-state index in [2.05, 4.69) is 17.7 Å². The molecule has 4 rings (SSSR count). The van der Waals surface area contributed by atoms with E-state index < -0.39 is 36.0 Å². The van der Waals surface area contributed by atoms with Crippen LogP contribution in [0.2, 0.25) is 0 Å². The normalized spacial score (nSPS) is 23.1. The van der Waals surface area contributed by atoms with Gasteiger partial charge in [0, 0.05) is 0 Å². The molecule has 0 atom stereocenters. The van der Waals surface area contributed by atoms with Crippen molar-refractivity contribution < 1.29 is 29.0 Å². The van der Waals surface area contributed by atoms with Gasteiger partial charge >= 0.3 is 12.0 Å². The van der Waals surface area contributed by atoms with Crippen LogP contribution in [0.5, 0.6) is 5.75 Å². The molecule has 4 amide bonds. The number of urea groups is 1. The third kappa shape index (κ3) is 3.90. The van der Waals surface area contributed by atoms with Crippen LogP contribution < -0.4 is 10.7 Å². The first-order valence-corrected chi connectivity index (χ1v) is 10.1. The lowest BCUT2D eigenvalue weighted by atomic mass is 9.77. The molecule has 1 saturated heterocycles. The average Bonchev–Trinajstić information content (AvgIpc) is 2.98. The average molecular weight is 425 g/mol. The van der Waals surface area contributed by atoms with Gasteiger partial charge in [0.25, 0.3) is 11.8 Å². The van der Waals surface area contributed by atoms with Gasteiger partial charge in [-0.15, -0.1) is 0 Å². The maximum atomic E-state index is 12.8. The van der Waals surface area contributed by atoms with Crippen LogP contribution in [-0.4, -0.2) is 46.1 Å². The van der Waals surface area contributed by atoms with Crippen molar-refractivity contribution in [3.63, 3.8) is 0 Å². The molecule has 2 fully saturated rings. The highest BCUT2D eigenvalue weighted by Crippen LogP contribution is 2.35. The van der Waals surface area contributed by atoms with Crippen molar-refractivity contribution in [2.45, 2.75) is 38.1 Å². The molecule has 0 radical (unpaired) electrons. The SMILES string of the molecule is CC1CCC2(CC1)NC(=O)N(NC(=O)COC(=O)c1cc3ccccc3cc1O)C2=O. The molecule has 9 heteroatoms. The number of fused-ring (bicyclic) bond motifs is 1. The van der Waals surface area contributed by atoms with Crippen LogP contribution in [0.25, 0.3) is 10.8 Å². The van der Waals surface area contributed by atoms with Gasteiger partial charge in [0.2, 0.25) is 0 Å². The van der Waals surface area contributed by atoms with Crippen LogP contribution in [0, 0.1) is 5.92 Å². The molecule has 0 aromatic heterocycles. The van der Waals surface area contributed by atoms with E-state index in [0.29, 0.717) is 23.8 Å². The van der Waals surface area contributed by atoms with Gasteiger partial charge in [0.05, 0.1) is 0 Å². The van der Waals surface area contributed by atoms with Crippen molar-refractivity contribution >= 4 is 34.6 Å². The van der Waals surface area contributed by atoms with E-state index in [9.17, 15) is 24.3 Å². The Bertz CT molecular complexity index is 1070. The maximum absolute atomic E-state index is 12.8. The Morgan fingerprint density at radius 3 is 2.52 bits per heavy atom. The first-order valence-electron chi connectivity index (χ1n) is 10.1. The van der Waals surface area contributed by atoms with Gasteiger partial charge in [-0.3, -0.25) is 15.0 Å². The molecule has 0 bridgehead atoms. The van der Waals surface area contributed by atoms with Gasteiger partial charge in [-0.2, -0.15) is 5.01 Å². The van der Waals surface area contributed by atoms with E-state index >= 15 is 0 Å². The van der Waals surface area contributed by atoms with Crippen molar-refractivity contribution in [2.75, 3.05) is 6.61 Å². The van der Waals surface area contributed by atoms with Gasteiger partial charge in [-0.1, -0.05) is 31.2 Å². The Kier molecular flexibility index (Phi) is 5.26. The van der Waals surface area contributed by atoms with Gasteiger partial charge in [-0.25, -0.2) is 9.59 Å². The Balaban J connectivity index is 1.37. The summed E-state index contributed by atoms with van der Waals surface area (Å²) in [5.74, 6) is -2.03. The fourth-order valence-electron chi connectivity index (χ4n) is 4.07. The van der Waals surface area contributed by atoms with Crippen molar-refractivity contribution in [1.82, 2.24) is 15.8 Å². The molecule has 1 saturated carbocycles. The maximum Gasteiger partial charge on any atom is 0.344 e. The van der Waals surface area contributed by atoms with Crippen molar-refractivity contribution in [3.05, 3.63) is 42.0 Å². The minimum atomic E-state index is -0.982. The van der Waals surface area contributed by atoms with Crippen molar-refractivity contribution in [3.8, 4) is 5.75 Å². The van der Waals surface area contributed by atoms with Gasteiger partial charge in [-0.05, 0) is 54.5 Å². The van der Waals surface area contributed by atoms with E-state index in [-0.39, 0.29) is 11.3 Å². The minimum absolute atomic E-state index is 0.0863. The standard InChI is InChI=1S/C22H23N3O6/c1-13-6-8-22(9-7-13)20(29)25(21(30)23-22)24-18(27)12-31-19(28)16-10-14-4-2-3-5-15(14)11-17(16)26/h2-5,10-11,13,26H,6-9,12H2,1H3,(H,23,30)(H,24,27). The summed E-state index contributed by atoms with van der Waals surface area (Å²) in [4.78, 5) is 49.5. The van der Waals surface area contributed by atoms with Crippen molar-refractivity contribution in [2.24, 2.45) is 5.92 Å². The molecule has 2 aromatic carbocycles. The highest BCUT2D eigenvalue weighted by atomic mass is 16.5. The number of hydrogen-bond donors (Lipinski definition) is 3. The lowest BCUT2D eigenvalue weighted by Gasteiger charge is -2.33. The molecule has 3 N–H and O–H groups in total. The number of rotatable bonds is 4. The van der Waals surface area contributed by atoms with Crippen LogP contribution in [-0.2, 0) is 14.3 Å². The zero-order valence-corrected chi connectivity index (χ0v) is 17.0. The van der Waals surface area contributed by atoms with Crippen LogP contribution >= 0.6 is 0 Å². The summed E-state index contributed by atoms with van der Waals surface area (Å²) >= 11 is 0. The second-order valence-electron chi connectivity index (χ2n) is 8.16. The summed E-state index contributed by atoms with van der Waals surface area (Å²) in [5, 5.41) is 14.9. The molecular weight excluding hydrogens is 402 g/mol. The number of benzene rings is 2. The lowest BCUT2D eigenvalue weighted by Crippen LogP contribution is -2.52. The lowest BCUT2D eigenvalue weighted by molar-refractivity contribution is -0.141. The third-order valence-electron chi connectivity index (χ3n) is 5.94. The molecule has 9 nitrogen and oxygen atoms in total. The van der Waals surface area contributed by atoms with Crippen LogP contribution in [0.15, 0.2) is 36.4 Å². The molecule has 162 valence electrons. The number of carbonyl (C=O) groups is 4. The number of phenols is 1. The predicted molar refractivity (Wildman–Crippen MR) is 110 cm³/mol. The van der Waals surface area contributed by atoms with Gasteiger partial charge < -0.3 is 15.2 Å². The second-order valence-corrected chi connectivity index (χ2v) is 8.16.